The first-order valence-corrected chi connectivity index (χ1v) is 7.50. The molecule has 0 fully saturated rings. The molecule has 0 aliphatic rings. The van der Waals surface area contributed by atoms with Gasteiger partial charge in [-0.15, -0.1) is 22.9 Å². The van der Waals surface area contributed by atoms with Crippen molar-refractivity contribution >= 4 is 38.9 Å². The van der Waals surface area contributed by atoms with Crippen LogP contribution < -0.4 is 4.74 Å². The molecular formula is C13H12BrClOS. The molecule has 2 rings (SSSR count). The fourth-order valence-corrected chi connectivity index (χ4v) is 2.95. The zero-order chi connectivity index (χ0) is 12.1. The van der Waals surface area contributed by atoms with Crippen molar-refractivity contribution in [3.63, 3.8) is 0 Å². The highest BCUT2D eigenvalue weighted by Gasteiger charge is 2.07. The maximum absolute atomic E-state index is 5.88. The molecule has 0 unspecified atom stereocenters. The number of ether oxygens (including phenoxy) is 1. The fourth-order valence-electron chi connectivity index (χ4n) is 1.53. The first kappa shape index (κ1) is 12.9. The lowest BCUT2D eigenvalue weighted by molar-refractivity contribution is 0.318. The predicted molar refractivity (Wildman–Crippen MR) is 77.2 cm³/mol. The first-order valence-electron chi connectivity index (χ1n) is 5.30. The van der Waals surface area contributed by atoms with E-state index in [4.69, 9.17) is 16.3 Å². The third-order valence-electron chi connectivity index (χ3n) is 2.37. The number of rotatable bonds is 5. The Hall–Kier alpha value is -0.510. The standard InChI is InChI=1S/C13H12BrClOS/c14-12-5-1-3-10(9-15)13(12)16-7-6-11-4-2-8-17-11/h1-5,8H,6-7,9H2. The quantitative estimate of drug-likeness (QED) is 0.710. The van der Waals surface area contributed by atoms with Crippen LogP contribution in [-0.2, 0) is 12.3 Å². The molecule has 0 saturated carbocycles. The molecule has 1 heterocycles. The van der Waals surface area contributed by atoms with Crippen LogP contribution in [-0.4, -0.2) is 6.61 Å². The van der Waals surface area contributed by atoms with E-state index in [9.17, 15) is 0 Å². The van der Waals surface area contributed by atoms with E-state index in [1.54, 1.807) is 11.3 Å². The van der Waals surface area contributed by atoms with Crippen molar-refractivity contribution in [3.05, 3.63) is 50.6 Å². The van der Waals surface area contributed by atoms with E-state index in [0.29, 0.717) is 12.5 Å². The van der Waals surface area contributed by atoms with Gasteiger partial charge in [-0.1, -0.05) is 18.2 Å². The molecule has 0 atom stereocenters. The zero-order valence-corrected chi connectivity index (χ0v) is 12.3. The van der Waals surface area contributed by atoms with Crippen LogP contribution in [0, 0.1) is 0 Å². The minimum absolute atomic E-state index is 0.466. The van der Waals surface area contributed by atoms with Gasteiger partial charge in [-0.2, -0.15) is 0 Å². The number of alkyl halides is 1. The maximum Gasteiger partial charge on any atom is 0.137 e. The summed E-state index contributed by atoms with van der Waals surface area (Å²) in [6.07, 6.45) is 0.931. The normalized spacial score (nSPS) is 10.5. The lowest BCUT2D eigenvalue weighted by Crippen LogP contribution is -2.02. The van der Waals surface area contributed by atoms with E-state index in [-0.39, 0.29) is 0 Å². The van der Waals surface area contributed by atoms with Gasteiger partial charge < -0.3 is 4.74 Å². The predicted octanol–water partition coefficient (Wildman–Crippen LogP) is 4.87. The second-order valence-electron chi connectivity index (χ2n) is 3.54. The largest absolute Gasteiger partial charge is 0.492 e. The Labute approximate surface area is 119 Å². The monoisotopic (exact) mass is 330 g/mol. The Morgan fingerprint density at radius 3 is 2.82 bits per heavy atom. The number of hydrogen-bond acceptors (Lipinski definition) is 2. The highest BCUT2D eigenvalue weighted by molar-refractivity contribution is 9.10. The summed E-state index contributed by atoms with van der Waals surface area (Å²) in [5, 5.41) is 2.08. The third kappa shape index (κ3) is 3.47. The summed E-state index contributed by atoms with van der Waals surface area (Å²) >= 11 is 11.1. The van der Waals surface area contributed by atoms with E-state index < -0.39 is 0 Å². The van der Waals surface area contributed by atoms with Crippen LogP contribution in [0.5, 0.6) is 5.75 Å². The van der Waals surface area contributed by atoms with Crippen molar-refractivity contribution in [1.82, 2.24) is 0 Å². The zero-order valence-electron chi connectivity index (χ0n) is 9.16. The number of hydrogen-bond donors (Lipinski definition) is 0. The molecule has 0 bridgehead atoms. The third-order valence-corrected chi connectivity index (χ3v) is 4.22. The smallest absolute Gasteiger partial charge is 0.137 e. The Morgan fingerprint density at radius 2 is 2.12 bits per heavy atom. The van der Waals surface area contributed by atoms with Gasteiger partial charge in [0.1, 0.15) is 5.75 Å². The minimum Gasteiger partial charge on any atom is -0.492 e. The number of halogens is 2. The van der Waals surface area contributed by atoms with Crippen molar-refractivity contribution in [3.8, 4) is 5.75 Å². The molecule has 0 spiro atoms. The fraction of sp³-hybridized carbons (Fsp3) is 0.231. The molecule has 17 heavy (non-hydrogen) atoms. The first-order chi connectivity index (χ1) is 8.31. The highest BCUT2D eigenvalue weighted by Crippen LogP contribution is 2.30. The van der Waals surface area contributed by atoms with Gasteiger partial charge in [0.2, 0.25) is 0 Å². The summed E-state index contributed by atoms with van der Waals surface area (Å²) in [4.78, 5) is 1.34. The second-order valence-corrected chi connectivity index (χ2v) is 5.69. The number of para-hydroxylation sites is 1. The molecule has 0 aliphatic carbocycles. The lowest BCUT2D eigenvalue weighted by atomic mass is 10.2. The van der Waals surface area contributed by atoms with Crippen molar-refractivity contribution in [2.45, 2.75) is 12.3 Å². The van der Waals surface area contributed by atoms with E-state index in [1.165, 1.54) is 4.88 Å². The van der Waals surface area contributed by atoms with Crippen molar-refractivity contribution in [2.24, 2.45) is 0 Å². The minimum atomic E-state index is 0.466. The molecule has 0 saturated heterocycles. The lowest BCUT2D eigenvalue weighted by Gasteiger charge is -2.11. The summed E-state index contributed by atoms with van der Waals surface area (Å²) in [5.74, 6) is 1.33. The molecule has 0 aliphatic heterocycles. The molecule has 0 amide bonds. The molecule has 90 valence electrons. The van der Waals surface area contributed by atoms with Crippen molar-refractivity contribution in [1.29, 1.82) is 0 Å². The van der Waals surface area contributed by atoms with Gasteiger partial charge in [0, 0.05) is 16.9 Å². The van der Waals surface area contributed by atoms with E-state index in [0.717, 1.165) is 22.2 Å². The van der Waals surface area contributed by atoms with Crippen LogP contribution in [0.4, 0.5) is 0 Å². The summed E-state index contributed by atoms with van der Waals surface area (Å²) in [6.45, 7) is 0.674. The van der Waals surface area contributed by atoms with Gasteiger partial charge >= 0.3 is 0 Å². The highest BCUT2D eigenvalue weighted by atomic mass is 79.9. The summed E-state index contributed by atoms with van der Waals surface area (Å²) in [7, 11) is 0. The van der Waals surface area contributed by atoms with Gasteiger partial charge in [0.15, 0.2) is 0 Å². The summed E-state index contributed by atoms with van der Waals surface area (Å²) < 4.78 is 6.77. The average Bonchev–Trinajstić information content (AvgIpc) is 2.84. The van der Waals surface area contributed by atoms with E-state index in [1.807, 2.05) is 18.2 Å². The average molecular weight is 332 g/mol. The van der Waals surface area contributed by atoms with Crippen LogP contribution >= 0.6 is 38.9 Å². The van der Waals surface area contributed by atoms with Crippen molar-refractivity contribution < 1.29 is 4.74 Å². The Balaban J connectivity index is 1.98. The molecule has 0 radical (unpaired) electrons. The summed E-state index contributed by atoms with van der Waals surface area (Å²) in [6, 6.07) is 10.1. The van der Waals surface area contributed by atoms with Gasteiger partial charge in [-0.3, -0.25) is 0 Å². The van der Waals surface area contributed by atoms with Gasteiger partial charge in [0.05, 0.1) is 17.0 Å². The molecular weight excluding hydrogens is 320 g/mol. The second kappa shape index (κ2) is 6.43. The molecule has 4 heteroatoms. The van der Waals surface area contributed by atoms with Gasteiger partial charge in [-0.25, -0.2) is 0 Å². The summed E-state index contributed by atoms with van der Waals surface area (Å²) in [5.41, 5.74) is 1.02. The van der Waals surface area contributed by atoms with Crippen LogP contribution in [0.2, 0.25) is 0 Å². The maximum atomic E-state index is 5.88. The number of benzene rings is 1. The van der Waals surface area contributed by atoms with Crippen molar-refractivity contribution in [2.75, 3.05) is 6.61 Å². The molecule has 1 aromatic heterocycles. The molecule has 0 N–H and O–H groups in total. The topological polar surface area (TPSA) is 9.23 Å². The van der Waals surface area contributed by atoms with Crippen LogP contribution in [0.15, 0.2) is 40.2 Å². The van der Waals surface area contributed by atoms with E-state index >= 15 is 0 Å². The SMILES string of the molecule is ClCc1cccc(Br)c1OCCc1cccs1. The van der Waals surface area contributed by atoms with E-state index in [2.05, 4.69) is 33.4 Å². The Morgan fingerprint density at radius 1 is 1.24 bits per heavy atom. The van der Waals surface area contributed by atoms with Gasteiger partial charge in [-0.05, 0) is 33.4 Å². The Bertz CT molecular complexity index is 470. The molecule has 2 aromatic rings. The molecule has 1 aromatic carbocycles. The van der Waals surface area contributed by atoms with Crippen LogP contribution in [0.3, 0.4) is 0 Å². The number of thiophene rings is 1. The Kier molecular flexibility index (Phi) is 4.89. The van der Waals surface area contributed by atoms with Crippen LogP contribution in [0.25, 0.3) is 0 Å². The molecule has 1 nitrogen and oxygen atoms in total. The van der Waals surface area contributed by atoms with Crippen LogP contribution in [0.1, 0.15) is 10.4 Å². The van der Waals surface area contributed by atoms with Gasteiger partial charge in [0.25, 0.3) is 0 Å².